The Morgan fingerprint density at radius 1 is 1.19 bits per heavy atom. The molecule has 1 atom stereocenters. The topological polar surface area (TPSA) is 65.7 Å². The van der Waals surface area contributed by atoms with E-state index in [1.165, 1.54) is 5.56 Å². The first kappa shape index (κ1) is 20.0. The van der Waals surface area contributed by atoms with Crippen molar-refractivity contribution in [1.29, 1.82) is 0 Å². The number of hydrogen-bond donors (Lipinski definition) is 2. The third-order valence-electron chi connectivity index (χ3n) is 4.34. The fourth-order valence-corrected chi connectivity index (χ4v) is 2.63. The third-order valence-corrected chi connectivity index (χ3v) is 4.34. The van der Waals surface area contributed by atoms with Crippen molar-refractivity contribution >= 4 is 5.96 Å². The number of aliphatic imine (C=N–C) groups is 1. The van der Waals surface area contributed by atoms with Crippen LogP contribution in [-0.2, 0) is 13.0 Å². The molecule has 1 aromatic carbocycles. The Bertz CT molecular complexity index is 674. The molecule has 26 heavy (non-hydrogen) atoms. The summed E-state index contributed by atoms with van der Waals surface area (Å²) in [5.74, 6) is 2.27. The van der Waals surface area contributed by atoms with E-state index in [1.54, 1.807) is 0 Å². The number of nitrogens with one attached hydrogen (secondary N) is 2. The van der Waals surface area contributed by atoms with Gasteiger partial charge in [0.2, 0.25) is 5.89 Å². The predicted molar refractivity (Wildman–Crippen MR) is 106 cm³/mol. The Hall–Kier alpha value is -2.34. The molecule has 142 valence electrons. The zero-order chi connectivity index (χ0) is 18.9. The van der Waals surface area contributed by atoms with Crippen LogP contribution in [0.5, 0.6) is 0 Å². The van der Waals surface area contributed by atoms with Gasteiger partial charge in [-0.1, -0.05) is 30.3 Å². The first-order valence-electron chi connectivity index (χ1n) is 9.15. The molecule has 1 aromatic heterocycles. The number of aryl methyl sites for hydroxylation is 2. The molecule has 0 bridgehead atoms. The number of guanidine groups is 1. The van der Waals surface area contributed by atoms with E-state index in [4.69, 9.17) is 4.42 Å². The van der Waals surface area contributed by atoms with E-state index in [2.05, 4.69) is 76.9 Å². The zero-order valence-electron chi connectivity index (χ0n) is 16.5. The normalized spacial score (nSPS) is 13.1. The molecule has 1 heterocycles. The molecule has 0 amide bonds. The predicted octanol–water partition coefficient (Wildman–Crippen LogP) is 2.52. The quantitative estimate of drug-likeness (QED) is 0.561. The second-order valence-electron chi connectivity index (χ2n) is 6.63. The molecule has 0 spiro atoms. The highest BCUT2D eigenvalue weighted by molar-refractivity contribution is 5.79. The molecule has 2 aromatic rings. The minimum Gasteiger partial charge on any atom is -0.444 e. The van der Waals surface area contributed by atoms with Gasteiger partial charge in [-0.05, 0) is 46.9 Å². The number of oxazole rings is 1. The Kier molecular flexibility index (Phi) is 7.66. The van der Waals surface area contributed by atoms with Crippen molar-refractivity contribution in [3.05, 3.63) is 53.2 Å². The molecule has 0 aliphatic heterocycles. The van der Waals surface area contributed by atoms with E-state index in [0.717, 1.165) is 36.9 Å². The highest BCUT2D eigenvalue weighted by Crippen LogP contribution is 2.09. The zero-order valence-corrected chi connectivity index (χ0v) is 16.5. The van der Waals surface area contributed by atoms with Gasteiger partial charge < -0.3 is 20.0 Å². The monoisotopic (exact) mass is 357 g/mol. The summed E-state index contributed by atoms with van der Waals surface area (Å²) in [6.45, 7) is 7.96. The Balaban J connectivity index is 1.97. The highest BCUT2D eigenvalue weighted by Gasteiger charge is 2.13. The standard InChI is InChI=1S/C20H31N5O/c1-6-21-20(23-14-19-24-15(2)16(3)26-19)22-13-18(25(4)5)12-17-10-8-7-9-11-17/h7-11,18H,6,12-14H2,1-5H3,(H2,21,22,23). The van der Waals surface area contributed by atoms with Crippen molar-refractivity contribution < 1.29 is 4.42 Å². The van der Waals surface area contributed by atoms with Gasteiger partial charge in [-0.15, -0.1) is 0 Å². The second-order valence-corrected chi connectivity index (χ2v) is 6.63. The van der Waals surface area contributed by atoms with Gasteiger partial charge in [0.25, 0.3) is 0 Å². The Labute approximate surface area is 156 Å². The smallest absolute Gasteiger partial charge is 0.216 e. The van der Waals surface area contributed by atoms with Crippen LogP contribution in [0.4, 0.5) is 0 Å². The minimum absolute atomic E-state index is 0.368. The second kappa shape index (κ2) is 9.97. The Morgan fingerprint density at radius 3 is 2.50 bits per heavy atom. The molecule has 0 fully saturated rings. The lowest BCUT2D eigenvalue weighted by molar-refractivity contribution is 0.290. The first-order chi connectivity index (χ1) is 12.5. The molecule has 0 radical (unpaired) electrons. The molecule has 0 aliphatic carbocycles. The van der Waals surface area contributed by atoms with Crippen LogP contribution >= 0.6 is 0 Å². The molecule has 6 heteroatoms. The summed E-state index contributed by atoms with van der Waals surface area (Å²) in [7, 11) is 4.22. The number of nitrogens with zero attached hydrogens (tertiary/aromatic N) is 3. The molecule has 0 saturated heterocycles. The van der Waals surface area contributed by atoms with Crippen molar-refractivity contribution in [2.24, 2.45) is 4.99 Å². The maximum Gasteiger partial charge on any atom is 0.216 e. The summed E-state index contributed by atoms with van der Waals surface area (Å²) >= 11 is 0. The molecular weight excluding hydrogens is 326 g/mol. The van der Waals surface area contributed by atoms with E-state index < -0.39 is 0 Å². The average Bonchev–Trinajstić information content (AvgIpc) is 2.94. The first-order valence-corrected chi connectivity index (χ1v) is 9.15. The summed E-state index contributed by atoms with van der Waals surface area (Å²) in [5, 5.41) is 6.73. The van der Waals surface area contributed by atoms with Crippen molar-refractivity contribution in [3.63, 3.8) is 0 Å². The SMILES string of the molecule is CCNC(=NCc1nc(C)c(C)o1)NCC(Cc1ccccc1)N(C)C. The van der Waals surface area contributed by atoms with E-state index in [9.17, 15) is 0 Å². The lowest BCUT2D eigenvalue weighted by atomic mass is 10.1. The molecule has 0 aliphatic rings. The number of rotatable bonds is 8. The molecule has 6 nitrogen and oxygen atoms in total. The maximum absolute atomic E-state index is 5.60. The van der Waals surface area contributed by atoms with Gasteiger partial charge in [0.05, 0.1) is 5.69 Å². The summed E-state index contributed by atoms with van der Waals surface area (Å²) in [6.07, 6.45) is 0.984. The largest absolute Gasteiger partial charge is 0.444 e. The van der Waals surface area contributed by atoms with Crippen molar-refractivity contribution in [2.45, 2.75) is 39.8 Å². The van der Waals surface area contributed by atoms with Crippen LogP contribution in [0.3, 0.4) is 0 Å². The Morgan fingerprint density at radius 2 is 1.92 bits per heavy atom. The number of benzene rings is 1. The lowest BCUT2D eigenvalue weighted by Gasteiger charge is -2.25. The van der Waals surface area contributed by atoms with E-state index in [0.29, 0.717) is 18.5 Å². The lowest BCUT2D eigenvalue weighted by Crippen LogP contribution is -2.46. The fourth-order valence-electron chi connectivity index (χ4n) is 2.63. The van der Waals surface area contributed by atoms with E-state index in [1.807, 2.05) is 13.8 Å². The van der Waals surface area contributed by atoms with Gasteiger partial charge in [-0.25, -0.2) is 9.98 Å². The van der Waals surface area contributed by atoms with Crippen LogP contribution in [0.25, 0.3) is 0 Å². The van der Waals surface area contributed by atoms with Crippen molar-refractivity contribution in [3.8, 4) is 0 Å². The van der Waals surface area contributed by atoms with Crippen molar-refractivity contribution in [1.82, 2.24) is 20.5 Å². The van der Waals surface area contributed by atoms with Crippen LogP contribution in [0, 0.1) is 13.8 Å². The van der Waals surface area contributed by atoms with Gasteiger partial charge in [-0.3, -0.25) is 0 Å². The van der Waals surface area contributed by atoms with Crippen LogP contribution in [0.15, 0.2) is 39.7 Å². The summed E-state index contributed by atoms with van der Waals surface area (Å²) in [6, 6.07) is 10.9. The molecular formula is C20H31N5O. The molecule has 1 unspecified atom stereocenters. The minimum atomic E-state index is 0.368. The molecule has 2 rings (SSSR count). The van der Waals surface area contributed by atoms with Crippen molar-refractivity contribution in [2.75, 3.05) is 27.2 Å². The summed E-state index contributed by atoms with van der Waals surface area (Å²) in [5.41, 5.74) is 2.25. The van der Waals surface area contributed by atoms with Crippen LogP contribution < -0.4 is 10.6 Å². The average molecular weight is 358 g/mol. The third kappa shape index (κ3) is 6.19. The van der Waals surface area contributed by atoms with E-state index >= 15 is 0 Å². The van der Waals surface area contributed by atoms with E-state index in [-0.39, 0.29) is 0 Å². The van der Waals surface area contributed by atoms with Crippen LogP contribution in [-0.4, -0.2) is 49.1 Å². The maximum atomic E-state index is 5.60. The van der Waals surface area contributed by atoms with Gasteiger partial charge in [0.15, 0.2) is 5.96 Å². The number of likely N-dealkylation sites (N-methyl/N-ethyl adjacent to an activating group) is 1. The fraction of sp³-hybridized carbons (Fsp3) is 0.500. The molecule has 2 N–H and O–H groups in total. The highest BCUT2D eigenvalue weighted by atomic mass is 16.4. The van der Waals surface area contributed by atoms with Crippen LogP contribution in [0.1, 0.15) is 29.8 Å². The van der Waals surface area contributed by atoms with Gasteiger partial charge in [0.1, 0.15) is 12.3 Å². The number of aromatic nitrogens is 1. The summed E-state index contributed by atoms with van der Waals surface area (Å²) in [4.78, 5) is 11.2. The number of hydrogen-bond acceptors (Lipinski definition) is 4. The summed E-state index contributed by atoms with van der Waals surface area (Å²) < 4.78 is 5.60. The van der Waals surface area contributed by atoms with Gasteiger partial charge in [-0.2, -0.15) is 0 Å². The van der Waals surface area contributed by atoms with Gasteiger partial charge >= 0.3 is 0 Å². The van der Waals surface area contributed by atoms with Gasteiger partial charge in [0, 0.05) is 19.1 Å². The molecule has 0 saturated carbocycles. The van der Waals surface area contributed by atoms with Crippen LogP contribution in [0.2, 0.25) is 0 Å².